The predicted octanol–water partition coefficient (Wildman–Crippen LogP) is 17.0. The van der Waals surface area contributed by atoms with E-state index in [1.165, 1.54) is 315 Å². The SMILES string of the molecule is CCCCCCC/C=C\C/C=C\CCCCCCCCCCCCCCCCCCCCCCCCCCCCCC(=O)NC(COC1OC(CO)C(OC2OC(CO)C(OC3OC(CO)C(O)C(O)C3O)C(O)C2O)C(O)C1O)C(O)/C=C/CCCCCCCCCCCCCCCCCCCCCCCC. The molecule has 19 heteroatoms. The van der Waals surface area contributed by atoms with Gasteiger partial charge in [-0.15, -0.1) is 0 Å². The first-order valence-electron chi connectivity index (χ1n) is 45.2. The molecule has 1 amide bonds. The van der Waals surface area contributed by atoms with Crippen molar-refractivity contribution in [2.45, 2.75) is 497 Å². The number of carbonyl (C=O) groups is 1. The standard InChI is InChI=1S/C89H167NO18/c1-3-5-7-9-11-13-15-17-19-21-23-25-27-29-30-31-32-33-34-35-36-37-38-39-40-41-42-43-45-47-49-51-53-55-57-59-61-63-65-67-77(95)90-72(73(94)66-64-62-60-58-56-54-52-50-48-46-44-28-26-24-22-20-18-16-14-12-10-8-6-4-2)71-103-87-83(101)80(98)85(75(69-92)105-87)108-89-84(102)81(99)86(76(70-93)106-89)107-88-82(100)79(97)78(96)74(68-91)104-88/h15,17,21,23,64,66,72-76,78-89,91-94,96-102H,3-14,16,18-20,22,24-63,65,67-71H2,1-2H3,(H,90,95)/b17-15-,23-21-,66-64+. The number of hydrogen-bond donors (Lipinski definition) is 12. The van der Waals surface area contributed by atoms with E-state index in [1.807, 2.05) is 6.08 Å². The topological polar surface area (TPSA) is 307 Å². The monoisotopic (exact) mass is 1540 g/mol. The third kappa shape index (κ3) is 47.8. The minimum Gasteiger partial charge on any atom is -0.394 e. The molecule has 0 radical (unpaired) electrons. The summed E-state index contributed by atoms with van der Waals surface area (Å²) in [5, 5.41) is 121. The molecule has 3 saturated heterocycles. The molecule has 3 heterocycles. The van der Waals surface area contributed by atoms with Gasteiger partial charge in [-0.25, -0.2) is 0 Å². The second kappa shape index (κ2) is 69.3. The Morgan fingerprint density at radius 3 is 0.944 bits per heavy atom. The van der Waals surface area contributed by atoms with E-state index in [4.69, 9.17) is 28.4 Å². The van der Waals surface area contributed by atoms with Gasteiger partial charge < -0.3 is 89.9 Å². The summed E-state index contributed by atoms with van der Waals surface area (Å²) in [5.74, 6) is -0.266. The average Bonchev–Trinajstić information content (AvgIpc) is 0.775. The van der Waals surface area contributed by atoms with Gasteiger partial charge in [0.2, 0.25) is 5.91 Å². The molecule has 0 bridgehead atoms. The van der Waals surface area contributed by atoms with E-state index in [0.717, 1.165) is 51.4 Å². The van der Waals surface area contributed by atoms with Gasteiger partial charge in [0, 0.05) is 6.42 Å². The summed E-state index contributed by atoms with van der Waals surface area (Å²) >= 11 is 0. The Morgan fingerprint density at radius 1 is 0.333 bits per heavy atom. The molecule has 0 aliphatic carbocycles. The summed E-state index contributed by atoms with van der Waals surface area (Å²) in [4.78, 5) is 13.5. The zero-order valence-electron chi connectivity index (χ0n) is 68.6. The largest absolute Gasteiger partial charge is 0.394 e. The van der Waals surface area contributed by atoms with Crippen molar-refractivity contribution in [2.24, 2.45) is 0 Å². The van der Waals surface area contributed by atoms with E-state index in [1.54, 1.807) is 6.08 Å². The zero-order valence-corrected chi connectivity index (χ0v) is 68.6. The van der Waals surface area contributed by atoms with E-state index in [0.29, 0.717) is 6.42 Å². The number of amides is 1. The highest BCUT2D eigenvalue weighted by atomic mass is 16.8. The lowest BCUT2D eigenvalue weighted by Gasteiger charge is -2.48. The van der Waals surface area contributed by atoms with E-state index in [-0.39, 0.29) is 18.9 Å². The maximum atomic E-state index is 13.5. The van der Waals surface area contributed by atoms with Crippen molar-refractivity contribution in [1.29, 1.82) is 0 Å². The van der Waals surface area contributed by atoms with Crippen molar-refractivity contribution in [3.05, 3.63) is 36.5 Å². The molecule has 0 aromatic heterocycles. The molecule has 0 aromatic carbocycles. The molecule has 17 atom stereocenters. The Morgan fingerprint density at radius 2 is 0.611 bits per heavy atom. The number of rotatable bonds is 74. The summed E-state index contributed by atoms with van der Waals surface area (Å²) in [7, 11) is 0. The van der Waals surface area contributed by atoms with Crippen molar-refractivity contribution >= 4 is 5.91 Å². The molecular formula is C89H167NO18. The third-order valence-corrected chi connectivity index (χ3v) is 22.7. The van der Waals surface area contributed by atoms with Crippen LogP contribution in [0.3, 0.4) is 0 Å². The van der Waals surface area contributed by atoms with E-state index >= 15 is 0 Å². The van der Waals surface area contributed by atoms with Crippen molar-refractivity contribution in [3.63, 3.8) is 0 Å². The first-order valence-corrected chi connectivity index (χ1v) is 45.2. The number of ether oxygens (including phenoxy) is 6. The van der Waals surface area contributed by atoms with Gasteiger partial charge in [0.05, 0.1) is 38.6 Å². The lowest BCUT2D eigenvalue weighted by atomic mass is 9.96. The van der Waals surface area contributed by atoms with Crippen LogP contribution in [0, 0.1) is 0 Å². The van der Waals surface area contributed by atoms with Crippen LogP contribution < -0.4 is 5.32 Å². The fourth-order valence-corrected chi connectivity index (χ4v) is 15.5. The quantitative estimate of drug-likeness (QED) is 0.0199. The molecule has 108 heavy (non-hydrogen) atoms. The van der Waals surface area contributed by atoms with Crippen LogP contribution in [-0.2, 0) is 33.2 Å². The number of aliphatic hydroxyl groups excluding tert-OH is 11. The second-order valence-electron chi connectivity index (χ2n) is 32.4. The number of hydrogen-bond acceptors (Lipinski definition) is 18. The molecule has 0 spiro atoms. The first-order chi connectivity index (χ1) is 52.8. The van der Waals surface area contributed by atoms with Gasteiger partial charge in [0.1, 0.15) is 73.2 Å². The highest BCUT2D eigenvalue weighted by molar-refractivity contribution is 5.76. The van der Waals surface area contributed by atoms with E-state index < -0.39 is 124 Å². The van der Waals surface area contributed by atoms with Crippen LogP contribution >= 0.6 is 0 Å². The Balaban J connectivity index is 1.30. The predicted molar refractivity (Wildman–Crippen MR) is 434 cm³/mol. The molecule has 3 aliphatic rings. The summed E-state index contributed by atoms with van der Waals surface area (Å²) in [6.45, 7) is 1.79. The molecule has 3 aliphatic heterocycles. The maximum Gasteiger partial charge on any atom is 0.220 e. The number of allylic oxidation sites excluding steroid dienone is 5. The lowest BCUT2D eigenvalue weighted by Crippen LogP contribution is -2.66. The Kier molecular flexibility index (Phi) is 64.3. The molecule has 0 aromatic rings. The van der Waals surface area contributed by atoms with Crippen LogP contribution in [0.15, 0.2) is 36.5 Å². The minimum atomic E-state index is -1.98. The van der Waals surface area contributed by atoms with Crippen LogP contribution in [0.2, 0.25) is 0 Å². The van der Waals surface area contributed by atoms with E-state index in [2.05, 4.69) is 43.5 Å². The van der Waals surface area contributed by atoms with Crippen LogP contribution in [0.1, 0.15) is 393 Å². The molecule has 636 valence electrons. The first kappa shape index (κ1) is 100. The lowest BCUT2D eigenvalue weighted by molar-refractivity contribution is -0.379. The summed E-state index contributed by atoms with van der Waals surface area (Å²) in [5.41, 5.74) is 0. The molecule has 19 nitrogen and oxygen atoms in total. The van der Waals surface area contributed by atoms with Gasteiger partial charge in [0.15, 0.2) is 18.9 Å². The zero-order chi connectivity index (χ0) is 78.1. The fraction of sp³-hybridized carbons (Fsp3) is 0.921. The van der Waals surface area contributed by atoms with Crippen LogP contribution in [0.25, 0.3) is 0 Å². The van der Waals surface area contributed by atoms with Gasteiger partial charge in [-0.3, -0.25) is 4.79 Å². The highest BCUT2D eigenvalue weighted by Gasteiger charge is 2.54. The number of carbonyl (C=O) groups excluding carboxylic acids is 1. The molecular weight excluding hydrogens is 1370 g/mol. The van der Waals surface area contributed by atoms with Gasteiger partial charge in [-0.05, 0) is 51.4 Å². The van der Waals surface area contributed by atoms with Gasteiger partial charge in [-0.2, -0.15) is 0 Å². The summed E-state index contributed by atoms with van der Waals surface area (Å²) < 4.78 is 34.5. The van der Waals surface area contributed by atoms with Crippen LogP contribution in [0.4, 0.5) is 0 Å². The molecule has 17 unspecified atom stereocenters. The van der Waals surface area contributed by atoms with Crippen molar-refractivity contribution in [3.8, 4) is 0 Å². The number of unbranched alkanes of at least 4 members (excludes halogenated alkanes) is 54. The Labute approximate surface area is 657 Å². The fourth-order valence-electron chi connectivity index (χ4n) is 15.5. The van der Waals surface area contributed by atoms with Crippen LogP contribution in [0.5, 0.6) is 0 Å². The number of aliphatic hydroxyl groups is 11. The molecule has 3 fully saturated rings. The number of nitrogens with one attached hydrogen (secondary N) is 1. The van der Waals surface area contributed by atoms with Crippen molar-refractivity contribution in [2.75, 3.05) is 26.4 Å². The Hall–Kier alpha value is -1.99. The van der Waals surface area contributed by atoms with E-state index in [9.17, 15) is 61.0 Å². The van der Waals surface area contributed by atoms with Gasteiger partial charge in [-0.1, -0.05) is 371 Å². The second-order valence-corrected chi connectivity index (χ2v) is 32.4. The summed E-state index contributed by atoms with van der Waals surface area (Å²) in [6, 6.07) is -0.973. The van der Waals surface area contributed by atoms with Crippen LogP contribution in [-0.4, -0.2) is 193 Å². The average molecular weight is 1540 g/mol. The van der Waals surface area contributed by atoms with Crippen molar-refractivity contribution in [1.82, 2.24) is 5.32 Å². The Bertz CT molecular complexity index is 2090. The molecule has 0 saturated carbocycles. The van der Waals surface area contributed by atoms with Gasteiger partial charge >= 0.3 is 0 Å². The minimum absolute atomic E-state index is 0.249. The maximum absolute atomic E-state index is 13.5. The third-order valence-electron chi connectivity index (χ3n) is 22.7. The highest BCUT2D eigenvalue weighted by Crippen LogP contribution is 2.34. The summed E-state index contributed by atoms with van der Waals surface area (Å²) in [6.07, 6.45) is 61.6. The normalized spacial score (nSPS) is 25.5. The molecule has 3 rings (SSSR count). The molecule has 12 N–H and O–H groups in total. The smallest absolute Gasteiger partial charge is 0.220 e. The van der Waals surface area contributed by atoms with Gasteiger partial charge in [0.25, 0.3) is 0 Å². The van der Waals surface area contributed by atoms with Crippen molar-refractivity contribution < 1.29 is 89.4 Å².